The van der Waals surface area contributed by atoms with Crippen molar-refractivity contribution in [3.05, 3.63) is 66.2 Å². The Bertz CT molecular complexity index is 876. The van der Waals surface area contributed by atoms with Crippen LogP contribution in [0, 0.1) is 6.92 Å². The molecule has 0 atom stereocenters. The number of anilines is 1. The SMILES string of the molecule is COc1ccc(CC(=O)NCCNc2cc(-n3cccc3)nc(C)n2)cc1. The number of carbonyl (C=O) groups excluding carboxylic acids is 1. The fourth-order valence-corrected chi connectivity index (χ4v) is 2.65. The molecule has 7 nitrogen and oxygen atoms in total. The van der Waals surface area contributed by atoms with E-state index in [0.29, 0.717) is 25.3 Å². The number of hydrogen-bond acceptors (Lipinski definition) is 5. The van der Waals surface area contributed by atoms with Crippen LogP contribution in [0.3, 0.4) is 0 Å². The Morgan fingerprint density at radius 1 is 1.11 bits per heavy atom. The number of methoxy groups -OCH3 is 1. The quantitative estimate of drug-likeness (QED) is 0.599. The fraction of sp³-hybridized carbons (Fsp3) is 0.250. The molecule has 0 bridgehead atoms. The van der Waals surface area contributed by atoms with Gasteiger partial charge in [0.15, 0.2) is 0 Å². The molecule has 0 radical (unpaired) electrons. The van der Waals surface area contributed by atoms with E-state index in [1.54, 1.807) is 7.11 Å². The van der Waals surface area contributed by atoms with Crippen LogP contribution in [0.1, 0.15) is 11.4 Å². The van der Waals surface area contributed by atoms with Gasteiger partial charge in [-0.15, -0.1) is 0 Å². The first-order chi connectivity index (χ1) is 13.1. The lowest BCUT2D eigenvalue weighted by molar-refractivity contribution is -0.120. The topological polar surface area (TPSA) is 81.1 Å². The van der Waals surface area contributed by atoms with Crippen molar-refractivity contribution >= 4 is 11.7 Å². The fourth-order valence-electron chi connectivity index (χ4n) is 2.65. The maximum Gasteiger partial charge on any atom is 0.224 e. The predicted molar refractivity (Wildman–Crippen MR) is 104 cm³/mol. The highest BCUT2D eigenvalue weighted by molar-refractivity contribution is 5.78. The van der Waals surface area contributed by atoms with E-state index >= 15 is 0 Å². The molecule has 7 heteroatoms. The average molecular weight is 365 g/mol. The Hall–Kier alpha value is -3.35. The van der Waals surface area contributed by atoms with Gasteiger partial charge in [0.05, 0.1) is 13.5 Å². The summed E-state index contributed by atoms with van der Waals surface area (Å²) in [5, 5.41) is 6.13. The summed E-state index contributed by atoms with van der Waals surface area (Å²) in [6.07, 6.45) is 4.21. The summed E-state index contributed by atoms with van der Waals surface area (Å²) < 4.78 is 7.04. The lowest BCUT2D eigenvalue weighted by Gasteiger charge is -2.10. The van der Waals surface area contributed by atoms with Gasteiger partial charge in [-0.05, 0) is 36.8 Å². The van der Waals surface area contributed by atoms with Crippen LogP contribution >= 0.6 is 0 Å². The van der Waals surface area contributed by atoms with E-state index in [0.717, 1.165) is 22.9 Å². The zero-order valence-electron chi connectivity index (χ0n) is 15.5. The van der Waals surface area contributed by atoms with E-state index in [9.17, 15) is 4.79 Å². The molecule has 27 heavy (non-hydrogen) atoms. The van der Waals surface area contributed by atoms with Gasteiger partial charge < -0.3 is 19.9 Å². The third-order valence-corrected chi connectivity index (χ3v) is 3.97. The molecule has 0 unspecified atom stereocenters. The molecule has 0 spiro atoms. The Morgan fingerprint density at radius 2 is 1.85 bits per heavy atom. The van der Waals surface area contributed by atoms with Crippen LogP contribution in [-0.4, -0.2) is 40.6 Å². The summed E-state index contributed by atoms with van der Waals surface area (Å²) in [5.41, 5.74) is 0.948. The molecule has 0 saturated heterocycles. The Kier molecular flexibility index (Phi) is 6.04. The molecular weight excluding hydrogens is 342 g/mol. The van der Waals surface area contributed by atoms with Crippen LogP contribution in [-0.2, 0) is 11.2 Å². The summed E-state index contributed by atoms with van der Waals surface area (Å²) in [6, 6.07) is 13.3. The van der Waals surface area contributed by atoms with Crippen LogP contribution in [0.4, 0.5) is 5.82 Å². The van der Waals surface area contributed by atoms with Crippen molar-refractivity contribution < 1.29 is 9.53 Å². The van der Waals surface area contributed by atoms with Crippen LogP contribution in [0.5, 0.6) is 5.75 Å². The van der Waals surface area contributed by atoms with Gasteiger partial charge in [-0.3, -0.25) is 4.79 Å². The highest BCUT2D eigenvalue weighted by Gasteiger charge is 2.05. The second-order valence-electron chi connectivity index (χ2n) is 6.05. The smallest absolute Gasteiger partial charge is 0.224 e. The molecule has 0 aliphatic rings. The lowest BCUT2D eigenvalue weighted by atomic mass is 10.1. The van der Waals surface area contributed by atoms with Crippen molar-refractivity contribution in [3.63, 3.8) is 0 Å². The van der Waals surface area contributed by atoms with Gasteiger partial charge in [-0.1, -0.05) is 12.1 Å². The highest BCUT2D eigenvalue weighted by Crippen LogP contribution is 2.12. The summed E-state index contributed by atoms with van der Waals surface area (Å²) in [5.74, 6) is 2.98. The van der Waals surface area contributed by atoms with E-state index in [4.69, 9.17) is 4.74 Å². The molecule has 0 aliphatic carbocycles. The second kappa shape index (κ2) is 8.84. The van der Waals surface area contributed by atoms with Crippen molar-refractivity contribution in [2.24, 2.45) is 0 Å². The van der Waals surface area contributed by atoms with Crippen LogP contribution in [0.25, 0.3) is 5.82 Å². The van der Waals surface area contributed by atoms with E-state index in [2.05, 4.69) is 20.6 Å². The molecule has 2 heterocycles. The highest BCUT2D eigenvalue weighted by atomic mass is 16.5. The van der Waals surface area contributed by atoms with Crippen LogP contribution in [0.15, 0.2) is 54.9 Å². The van der Waals surface area contributed by atoms with Gasteiger partial charge in [0, 0.05) is 31.5 Å². The zero-order valence-corrected chi connectivity index (χ0v) is 15.5. The van der Waals surface area contributed by atoms with E-state index in [1.807, 2.05) is 66.3 Å². The number of aromatic nitrogens is 3. The molecule has 0 fully saturated rings. The minimum Gasteiger partial charge on any atom is -0.497 e. The standard InChI is InChI=1S/C20H23N5O2/c1-15-23-18(14-19(24-15)25-11-3-4-12-25)21-9-10-22-20(26)13-16-5-7-17(27-2)8-6-16/h3-8,11-12,14H,9-10,13H2,1-2H3,(H,22,26)(H,21,23,24). The Labute approximate surface area is 158 Å². The summed E-state index contributed by atoms with van der Waals surface area (Å²) in [7, 11) is 1.62. The third-order valence-electron chi connectivity index (χ3n) is 3.97. The van der Waals surface area contributed by atoms with Crippen LogP contribution in [0.2, 0.25) is 0 Å². The number of nitrogens with zero attached hydrogens (tertiary/aromatic N) is 3. The Balaban J connectivity index is 1.46. The lowest BCUT2D eigenvalue weighted by Crippen LogP contribution is -2.30. The minimum atomic E-state index is -0.0196. The molecule has 1 aromatic carbocycles. The molecule has 3 rings (SSSR count). The summed E-state index contributed by atoms with van der Waals surface area (Å²) in [6.45, 7) is 2.95. The van der Waals surface area contributed by atoms with Gasteiger partial charge >= 0.3 is 0 Å². The summed E-state index contributed by atoms with van der Waals surface area (Å²) >= 11 is 0. The van der Waals surface area contributed by atoms with Gasteiger partial charge in [0.25, 0.3) is 0 Å². The van der Waals surface area contributed by atoms with Gasteiger partial charge in [-0.2, -0.15) is 0 Å². The minimum absolute atomic E-state index is 0.0196. The first-order valence-corrected chi connectivity index (χ1v) is 8.76. The third kappa shape index (κ3) is 5.31. The molecule has 3 aromatic rings. The van der Waals surface area contributed by atoms with Crippen molar-refractivity contribution in [3.8, 4) is 11.6 Å². The zero-order chi connectivity index (χ0) is 19.1. The van der Waals surface area contributed by atoms with Gasteiger partial charge in [-0.25, -0.2) is 9.97 Å². The Morgan fingerprint density at radius 3 is 2.56 bits per heavy atom. The van der Waals surface area contributed by atoms with E-state index in [1.165, 1.54) is 0 Å². The van der Waals surface area contributed by atoms with Crippen molar-refractivity contribution in [1.82, 2.24) is 19.9 Å². The molecule has 140 valence electrons. The monoisotopic (exact) mass is 365 g/mol. The average Bonchev–Trinajstić information content (AvgIpc) is 3.20. The number of benzene rings is 1. The number of amides is 1. The maximum absolute atomic E-state index is 12.0. The number of rotatable bonds is 8. The molecule has 2 aromatic heterocycles. The predicted octanol–water partition coefficient (Wildman–Crippen LogP) is 2.36. The number of hydrogen-bond donors (Lipinski definition) is 2. The second-order valence-corrected chi connectivity index (χ2v) is 6.05. The molecule has 0 saturated carbocycles. The number of nitrogens with one attached hydrogen (secondary N) is 2. The van der Waals surface area contributed by atoms with E-state index in [-0.39, 0.29) is 5.91 Å². The number of aryl methyl sites for hydroxylation is 1. The molecule has 0 aliphatic heterocycles. The maximum atomic E-state index is 12.0. The van der Waals surface area contributed by atoms with E-state index < -0.39 is 0 Å². The van der Waals surface area contributed by atoms with Crippen molar-refractivity contribution in [2.45, 2.75) is 13.3 Å². The van der Waals surface area contributed by atoms with Crippen molar-refractivity contribution in [2.75, 3.05) is 25.5 Å². The van der Waals surface area contributed by atoms with Gasteiger partial charge in [0.1, 0.15) is 23.2 Å². The summed E-state index contributed by atoms with van der Waals surface area (Å²) in [4.78, 5) is 20.9. The first-order valence-electron chi connectivity index (χ1n) is 8.76. The number of carbonyl (C=O) groups is 1. The first kappa shape index (κ1) is 18.4. The molecular formula is C20H23N5O2. The number of ether oxygens (including phenoxy) is 1. The normalized spacial score (nSPS) is 10.4. The molecule has 1 amide bonds. The molecule has 2 N–H and O–H groups in total. The van der Waals surface area contributed by atoms with Crippen LogP contribution < -0.4 is 15.4 Å². The van der Waals surface area contributed by atoms with Crippen molar-refractivity contribution in [1.29, 1.82) is 0 Å². The van der Waals surface area contributed by atoms with Gasteiger partial charge in [0.2, 0.25) is 5.91 Å². The largest absolute Gasteiger partial charge is 0.497 e.